The number of hydrogen-bond donors (Lipinski definition) is 1. The molecule has 4 aromatic rings. The Labute approximate surface area is 180 Å². The van der Waals surface area contributed by atoms with Crippen molar-refractivity contribution in [1.82, 2.24) is 15.0 Å². The molecular formula is C22H22N4O4S. The Kier molecular flexibility index (Phi) is 5.88. The molecule has 0 saturated carbocycles. The van der Waals surface area contributed by atoms with Gasteiger partial charge in [-0.25, -0.2) is 13.1 Å². The summed E-state index contributed by atoms with van der Waals surface area (Å²) in [6, 6.07) is 22.2. The van der Waals surface area contributed by atoms with Crippen molar-refractivity contribution in [3.63, 3.8) is 0 Å². The van der Waals surface area contributed by atoms with E-state index in [-0.39, 0.29) is 18.0 Å². The predicted octanol–water partition coefficient (Wildman–Crippen LogP) is 2.70. The van der Waals surface area contributed by atoms with Gasteiger partial charge in [0.05, 0.1) is 42.4 Å². The highest BCUT2D eigenvalue weighted by Crippen LogP contribution is 2.26. The van der Waals surface area contributed by atoms with Crippen LogP contribution >= 0.6 is 0 Å². The van der Waals surface area contributed by atoms with Gasteiger partial charge >= 0.3 is 0 Å². The minimum absolute atomic E-state index is 0.0947. The van der Waals surface area contributed by atoms with Gasteiger partial charge in [0.15, 0.2) is 0 Å². The maximum atomic E-state index is 13.4. The molecular weight excluding hydrogens is 416 g/mol. The zero-order valence-electron chi connectivity index (χ0n) is 16.9. The van der Waals surface area contributed by atoms with Gasteiger partial charge in [-0.3, -0.25) is 4.31 Å². The van der Waals surface area contributed by atoms with Crippen LogP contribution in [0, 0.1) is 0 Å². The third kappa shape index (κ3) is 4.37. The van der Waals surface area contributed by atoms with Crippen LogP contribution in [0.5, 0.6) is 5.75 Å². The molecule has 1 aromatic heterocycles. The van der Waals surface area contributed by atoms with Crippen molar-refractivity contribution in [1.29, 1.82) is 0 Å². The van der Waals surface area contributed by atoms with Crippen LogP contribution in [0.3, 0.4) is 0 Å². The Bertz CT molecular complexity index is 1260. The SMILES string of the molecule is COc1ccc(N(C[C@@H](O)Cn2nnc3ccccc32)S(=O)(=O)c2ccccc2)cc1. The Morgan fingerprint density at radius 3 is 2.39 bits per heavy atom. The molecule has 160 valence electrons. The molecule has 8 nitrogen and oxygen atoms in total. The number of aliphatic hydroxyl groups is 1. The summed E-state index contributed by atoms with van der Waals surface area (Å²) in [5.74, 6) is 0.607. The fourth-order valence-corrected chi connectivity index (χ4v) is 4.83. The maximum Gasteiger partial charge on any atom is 0.264 e. The summed E-state index contributed by atoms with van der Waals surface area (Å²) in [5.41, 5.74) is 1.90. The van der Waals surface area contributed by atoms with E-state index in [0.717, 1.165) is 5.52 Å². The smallest absolute Gasteiger partial charge is 0.264 e. The summed E-state index contributed by atoms with van der Waals surface area (Å²) in [7, 11) is -2.36. The fourth-order valence-electron chi connectivity index (χ4n) is 3.31. The lowest BCUT2D eigenvalue weighted by Crippen LogP contribution is -2.39. The highest BCUT2D eigenvalue weighted by atomic mass is 32.2. The number of fused-ring (bicyclic) bond motifs is 1. The third-order valence-corrected chi connectivity index (χ3v) is 6.68. The Morgan fingerprint density at radius 1 is 1.00 bits per heavy atom. The highest BCUT2D eigenvalue weighted by Gasteiger charge is 2.27. The topological polar surface area (TPSA) is 97.6 Å². The number of ether oxygens (including phenoxy) is 1. The number of anilines is 1. The van der Waals surface area contributed by atoms with Gasteiger partial charge < -0.3 is 9.84 Å². The minimum atomic E-state index is -3.90. The lowest BCUT2D eigenvalue weighted by Gasteiger charge is -2.27. The number of methoxy groups -OCH3 is 1. The van der Waals surface area contributed by atoms with Crippen LogP contribution in [0.2, 0.25) is 0 Å². The second kappa shape index (κ2) is 8.75. The molecule has 31 heavy (non-hydrogen) atoms. The molecule has 4 rings (SSSR count). The average Bonchev–Trinajstić information content (AvgIpc) is 3.21. The molecule has 3 aromatic carbocycles. The predicted molar refractivity (Wildman–Crippen MR) is 118 cm³/mol. The minimum Gasteiger partial charge on any atom is -0.497 e. The van der Waals surface area contributed by atoms with Gasteiger partial charge in [0.1, 0.15) is 11.3 Å². The monoisotopic (exact) mass is 438 g/mol. The van der Waals surface area contributed by atoms with Crippen molar-refractivity contribution in [3.8, 4) is 5.75 Å². The van der Waals surface area contributed by atoms with Crippen LogP contribution in [0.1, 0.15) is 0 Å². The van der Waals surface area contributed by atoms with Crippen molar-refractivity contribution in [2.45, 2.75) is 17.5 Å². The van der Waals surface area contributed by atoms with Crippen LogP contribution in [0.25, 0.3) is 11.0 Å². The van der Waals surface area contributed by atoms with E-state index < -0.39 is 16.1 Å². The molecule has 0 bridgehead atoms. The summed E-state index contributed by atoms with van der Waals surface area (Å²) >= 11 is 0. The first-order valence-corrected chi connectivity index (χ1v) is 11.1. The molecule has 0 radical (unpaired) electrons. The molecule has 1 atom stereocenters. The van der Waals surface area contributed by atoms with E-state index in [1.54, 1.807) is 54.3 Å². The molecule has 1 heterocycles. The molecule has 0 fully saturated rings. The van der Waals surface area contributed by atoms with Crippen molar-refractivity contribution in [3.05, 3.63) is 78.9 Å². The Balaban J connectivity index is 1.65. The van der Waals surface area contributed by atoms with Gasteiger partial charge in [-0.05, 0) is 48.5 Å². The molecule has 9 heteroatoms. The van der Waals surface area contributed by atoms with Gasteiger partial charge in [-0.2, -0.15) is 0 Å². The summed E-state index contributed by atoms with van der Waals surface area (Å²) in [4.78, 5) is 0.143. The number of sulfonamides is 1. The van der Waals surface area contributed by atoms with Crippen molar-refractivity contribution >= 4 is 26.7 Å². The molecule has 0 aliphatic carbocycles. The Hall–Kier alpha value is -3.43. The average molecular weight is 439 g/mol. The molecule has 0 aliphatic heterocycles. The summed E-state index contributed by atoms with van der Waals surface area (Å²) in [5, 5.41) is 19.0. The van der Waals surface area contributed by atoms with Crippen molar-refractivity contribution in [2.75, 3.05) is 18.0 Å². The van der Waals surface area contributed by atoms with Crippen LogP contribution in [-0.4, -0.2) is 48.3 Å². The summed E-state index contributed by atoms with van der Waals surface area (Å²) in [6.45, 7) is -0.0603. The first-order valence-electron chi connectivity index (χ1n) is 9.67. The molecule has 1 N–H and O–H groups in total. The zero-order chi connectivity index (χ0) is 21.8. The number of para-hydroxylation sites is 1. The standard InChI is InChI=1S/C22H22N4O4S/c1-30-19-13-11-17(12-14-19)26(31(28,29)20-7-3-2-4-8-20)16-18(27)15-25-22-10-6-5-9-21(22)23-24-25/h2-14,18,27H,15-16H2,1H3/t18-/m0/s1. The van der Waals surface area contributed by atoms with Crippen LogP contribution in [0.4, 0.5) is 5.69 Å². The number of benzene rings is 3. The van der Waals surface area contributed by atoms with Crippen molar-refractivity contribution < 1.29 is 18.3 Å². The molecule has 0 aliphatic rings. The van der Waals surface area contributed by atoms with E-state index in [4.69, 9.17) is 4.74 Å². The van der Waals surface area contributed by atoms with E-state index in [2.05, 4.69) is 10.3 Å². The van der Waals surface area contributed by atoms with E-state index >= 15 is 0 Å². The normalized spacial score (nSPS) is 12.6. The molecule has 0 spiro atoms. The second-order valence-electron chi connectivity index (χ2n) is 6.96. The lowest BCUT2D eigenvalue weighted by molar-refractivity contribution is 0.159. The fraction of sp³-hybridized carbons (Fsp3) is 0.182. The lowest BCUT2D eigenvalue weighted by atomic mass is 10.2. The van der Waals surface area contributed by atoms with E-state index in [1.807, 2.05) is 24.3 Å². The third-order valence-electron chi connectivity index (χ3n) is 4.87. The molecule has 0 saturated heterocycles. The number of hydrogen-bond acceptors (Lipinski definition) is 6. The quantitative estimate of drug-likeness (QED) is 0.454. The van der Waals surface area contributed by atoms with Gasteiger partial charge in [-0.1, -0.05) is 35.5 Å². The number of rotatable bonds is 8. The highest BCUT2D eigenvalue weighted by molar-refractivity contribution is 7.92. The van der Waals surface area contributed by atoms with Crippen LogP contribution in [0.15, 0.2) is 83.8 Å². The molecule has 0 unspecified atom stereocenters. The zero-order valence-corrected chi connectivity index (χ0v) is 17.7. The largest absolute Gasteiger partial charge is 0.497 e. The van der Waals surface area contributed by atoms with Crippen LogP contribution < -0.4 is 9.04 Å². The molecule has 0 amide bonds. The van der Waals surface area contributed by atoms with Crippen molar-refractivity contribution in [2.24, 2.45) is 0 Å². The van der Waals surface area contributed by atoms with Gasteiger partial charge in [0.2, 0.25) is 0 Å². The van der Waals surface area contributed by atoms with Gasteiger partial charge in [0.25, 0.3) is 10.0 Å². The van der Waals surface area contributed by atoms with Gasteiger partial charge in [0, 0.05) is 0 Å². The second-order valence-corrected chi connectivity index (χ2v) is 8.82. The number of aromatic nitrogens is 3. The van der Waals surface area contributed by atoms with Crippen LogP contribution in [-0.2, 0) is 16.6 Å². The number of nitrogens with zero attached hydrogens (tertiary/aromatic N) is 4. The Morgan fingerprint density at radius 2 is 1.68 bits per heavy atom. The number of aliphatic hydroxyl groups excluding tert-OH is 1. The van der Waals surface area contributed by atoms with E-state index in [9.17, 15) is 13.5 Å². The summed E-state index contributed by atoms with van der Waals surface area (Å²) in [6.07, 6.45) is -1.02. The summed E-state index contributed by atoms with van der Waals surface area (Å²) < 4.78 is 34.7. The van der Waals surface area contributed by atoms with Gasteiger partial charge in [-0.15, -0.1) is 5.10 Å². The maximum absolute atomic E-state index is 13.4. The van der Waals surface area contributed by atoms with E-state index in [1.165, 1.54) is 16.4 Å². The first kappa shape index (κ1) is 20.8. The first-order chi connectivity index (χ1) is 15.0. The van der Waals surface area contributed by atoms with E-state index in [0.29, 0.717) is 17.0 Å².